The molecular weight excluding hydrogens is 372 g/mol. The first-order valence-electron chi connectivity index (χ1n) is 10.0. The summed E-state index contributed by atoms with van der Waals surface area (Å²) in [5.74, 6) is 0.778. The Hall–Kier alpha value is -1.88. The molecule has 0 unspecified atom stereocenters. The first-order valence-corrected chi connectivity index (χ1v) is 10.4. The van der Waals surface area contributed by atoms with Crippen LogP contribution in [-0.4, -0.2) is 43.7 Å². The van der Waals surface area contributed by atoms with E-state index in [0.29, 0.717) is 44.2 Å². The molecule has 0 spiro atoms. The number of likely N-dealkylation sites (tertiary alicyclic amines) is 1. The first-order chi connectivity index (χ1) is 13.6. The normalized spacial score (nSPS) is 24.3. The molecule has 2 heterocycles. The van der Waals surface area contributed by atoms with Crippen molar-refractivity contribution in [1.29, 1.82) is 0 Å². The number of carbonyl (C=O) groups excluding carboxylic acids is 1. The van der Waals surface area contributed by atoms with Crippen LogP contribution >= 0.6 is 11.6 Å². The zero-order valence-corrected chi connectivity index (χ0v) is 16.8. The van der Waals surface area contributed by atoms with Crippen LogP contribution in [0.5, 0.6) is 0 Å². The molecule has 2 aliphatic heterocycles. The highest BCUT2D eigenvalue weighted by atomic mass is 35.5. The first kappa shape index (κ1) is 19.4. The Morgan fingerprint density at radius 1 is 1.07 bits per heavy atom. The van der Waals surface area contributed by atoms with Crippen molar-refractivity contribution >= 4 is 17.5 Å². The van der Waals surface area contributed by atoms with Crippen LogP contribution in [0.25, 0.3) is 0 Å². The fourth-order valence-corrected chi connectivity index (χ4v) is 4.90. The standard InChI is InChI=1S/C23H27ClN2O2/c24-20-8-6-19(7-9-20)23(10-12-28-13-11-23)22(27)26-15-18(14-25)21(16-26)17-4-2-1-3-5-17/h1-9,18,21H,10-16,25H2/t18-,21+/m1/s1. The van der Waals surface area contributed by atoms with Crippen LogP contribution in [0.1, 0.15) is 29.9 Å². The van der Waals surface area contributed by atoms with Crippen LogP contribution in [0, 0.1) is 5.92 Å². The van der Waals surface area contributed by atoms with E-state index in [0.717, 1.165) is 12.1 Å². The van der Waals surface area contributed by atoms with Gasteiger partial charge in [-0.15, -0.1) is 0 Å². The number of amides is 1. The van der Waals surface area contributed by atoms with E-state index in [-0.39, 0.29) is 17.7 Å². The van der Waals surface area contributed by atoms with E-state index in [2.05, 4.69) is 24.3 Å². The molecule has 2 saturated heterocycles. The van der Waals surface area contributed by atoms with Crippen molar-refractivity contribution in [1.82, 2.24) is 4.90 Å². The maximum absolute atomic E-state index is 13.8. The van der Waals surface area contributed by atoms with Crippen molar-refractivity contribution in [2.45, 2.75) is 24.2 Å². The number of halogens is 1. The van der Waals surface area contributed by atoms with Gasteiger partial charge >= 0.3 is 0 Å². The summed E-state index contributed by atoms with van der Waals surface area (Å²) in [6, 6.07) is 18.2. The molecule has 0 aromatic heterocycles. The third-order valence-electron chi connectivity index (χ3n) is 6.41. The lowest BCUT2D eigenvalue weighted by atomic mass is 9.73. The van der Waals surface area contributed by atoms with Crippen molar-refractivity contribution in [3.63, 3.8) is 0 Å². The second kappa shape index (κ2) is 8.24. The fourth-order valence-electron chi connectivity index (χ4n) is 4.77. The summed E-state index contributed by atoms with van der Waals surface area (Å²) < 4.78 is 5.60. The summed E-state index contributed by atoms with van der Waals surface area (Å²) in [5.41, 5.74) is 7.86. The SMILES string of the molecule is NC[C@@H]1CN(C(=O)C2(c3ccc(Cl)cc3)CCOCC2)C[C@H]1c1ccccc1. The van der Waals surface area contributed by atoms with Gasteiger partial charge in [0.2, 0.25) is 5.91 Å². The molecule has 28 heavy (non-hydrogen) atoms. The Morgan fingerprint density at radius 3 is 2.39 bits per heavy atom. The van der Waals surface area contributed by atoms with Gasteiger partial charge in [0.25, 0.3) is 0 Å². The molecule has 2 aromatic rings. The van der Waals surface area contributed by atoms with Gasteiger partial charge in [0.15, 0.2) is 0 Å². The van der Waals surface area contributed by atoms with Crippen molar-refractivity contribution < 1.29 is 9.53 Å². The molecule has 0 saturated carbocycles. The van der Waals surface area contributed by atoms with Crippen molar-refractivity contribution in [2.75, 3.05) is 32.8 Å². The van der Waals surface area contributed by atoms with Gasteiger partial charge in [-0.3, -0.25) is 4.79 Å². The summed E-state index contributed by atoms with van der Waals surface area (Å²) in [7, 11) is 0. The number of nitrogens with two attached hydrogens (primary N) is 1. The van der Waals surface area contributed by atoms with Crippen LogP contribution in [0.15, 0.2) is 54.6 Å². The Bertz CT molecular complexity index is 803. The van der Waals surface area contributed by atoms with Crippen LogP contribution in [0.3, 0.4) is 0 Å². The molecule has 2 aromatic carbocycles. The van der Waals surface area contributed by atoms with E-state index in [1.807, 2.05) is 35.2 Å². The van der Waals surface area contributed by atoms with Crippen LogP contribution in [-0.2, 0) is 14.9 Å². The molecule has 2 atom stereocenters. The lowest BCUT2D eigenvalue weighted by Crippen LogP contribution is -2.49. The quantitative estimate of drug-likeness (QED) is 0.856. The van der Waals surface area contributed by atoms with Gasteiger partial charge in [-0.1, -0.05) is 54.1 Å². The minimum absolute atomic E-state index is 0.204. The smallest absolute Gasteiger partial charge is 0.233 e. The number of hydrogen-bond acceptors (Lipinski definition) is 3. The van der Waals surface area contributed by atoms with E-state index in [1.54, 1.807) is 0 Å². The monoisotopic (exact) mass is 398 g/mol. The van der Waals surface area contributed by atoms with Gasteiger partial charge in [0.05, 0.1) is 5.41 Å². The molecule has 2 N–H and O–H groups in total. The minimum Gasteiger partial charge on any atom is -0.381 e. The predicted octanol–water partition coefficient (Wildman–Crippen LogP) is 3.59. The summed E-state index contributed by atoms with van der Waals surface area (Å²) in [6.45, 7) is 3.22. The molecule has 4 nitrogen and oxygen atoms in total. The summed E-state index contributed by atoms with van der Waals surface area (Å²) in [5, 5.41) is 0.687. The third kappa shape index (κ3) is 3.57. The molecular formula is C23H27ClN2O2. The molecule has 0 radical (unpaired) electrons. The largest absolute Gasteiger partial charge is 0.381 e. The average Bonchev–Trinajstić information content (AvgIpc) is 3.19. The molecule has 5 heteroatoms. The Kier molecular flexibility index (Phi) is 5.72. The molecule has 148 valence electrons. The lowest BCUT2D eigenvalue weighted by molar-refractivity contribution is -0.140. The lowest BCUT2D eigenvalue weighted by Gasteiger charge is -2.39. The van der Waals surface area contributed by atoms with E-state index in [9.17, 15) is 4.79 Å². The Balaban J connectivity index is 1.63. The highest BCUT2D eigenvalue weighted by molar-refractivity contribution is 6.30. The topological polar surface area (TPSA) is 55.6 Å². The van der Waals surface area contributed by atoms with E-state index >= 15 is 0 Å². The van der Waals surface area contributed by atoms with Crippen molar-refractivity contribution in [2.24, 2.45) is 11.7 Å². The van der Waals surface area contributed by atoms with Gasteiger partial charge in [0, 0.05) is 37.2 Å². The van der Waals surface area contributed by atoms with E-state index < -0.39 is 5.41 Å². The highest BCUT2D eigenvalue weighted by Gasteiger charge is 2.47. The number of hydrogen-bond donors (Lipinski definition) is 1. The number of ether oxygens (including phenoxy) is 1. The van der Waals surface area contributed by atoms with Gasteiger partial charge in [-0.2, -0.15) is 0 Å². The zero-order valence-electron chi connectivity index (χ0n) is 16.0. The highest BCUT2D eigenvalue weighted by Crippen LogP contribution is 2.40. The second-order valence-corrected chi connectivity index (χ2v) is 8.36. The summed E-state index contributed by atoms with van der Waals surface area (Å²) >= 11 is 6.09. The van der Waals surface area contributed by atoms with Gasteiger partial charge in [0.1, 0.15) is 0 Å². The molecule has 2 fully saturated rings. The van der Waals surface area contributed by atoms with Crippen LogP contribution in [0.2, 0.25) is 5.02 Å². The molecule has 1 amide bonds. The van der Waals surface area contributed by atoms with E-state index in [1.165, 1.54) is 5.56 Å². The van der Waals surface area contributed by atoms with E-state index in [4.69, 9.17) is 22.1 Å². The van der Waals surface area contributed by atoms with Gasteiger partial charge in [-0.25, -0.2) is 0 Å². The maximum Gasteiger partial charge on any atom is 0.233 e. The van der Waals surface area contributed by atoms with Gasteiger partial charge < -0.3 is 15.4 Å². The van der Waals surface area contributed by atoms with Crippen LogP contribution < -0.4 is 5.73 Å². The second-order valence-electron chi connectivity index (χ2n) is 7.92. The molecule has 2 aliphatic rings. The van der Waals surface area contributed by atoms with Crippen molar-refractivity contribution in [3.8, 4) is 0 Å². The zero-order chi connectivity index (χ0) is 19.6. The fraction of sp³-hybridized carbons (Fsp3) is 0.435. The number of nitrogens with zero attached hydrogens (tertiary/aromatic N) is 1. The molecule has 0 aliphatic carbocycles. The summed E-state index contributed by atoms with van der Waals surface area (Å²) in [4.78, 5) is 15.9. The maximum atomic E-state index is 13.8. The number of benzene rings is 2. The molecule has 4 rings (SSSR count). The average molecular weight is 399 g/mol. The van der Waals surface area contributed by atoms with Crippen LogP contribution in [0.4, 0.5) is 0 Å². The molecule has 0 bridgehead atoms. The minimum atomic E-state index is -0.534. The van der Waals surface area contributed by atoms with Crippen molar-refractivity contribution in [3.05, 3.63) is 70.7 Å². The third-order valence-corrected chi connectivity index (χ3v) is 6.66. The Labute approximate surface area is 171 Å². The number of rotatable bonds is 4. The van der Waals surface area contributed by atoms with Gasteiger partial charge in [-0.05, 0) is 48.6 Å². The number of carbonyl (C=O) groups is 1. The summed E-state index contributed by atoms with van der Waals surface area (Å²) in [6.07, 6.45) is 1.40. The predicted molar refractivity (Wildman–Crippen MR) is 111 cm³/mol. The Morgan fingerprint density at radius 2 is 1.75 bits per heavy atom.